The van der Waals surface area contributed by atoms with E-state index < -0.39 is 5.60 Å². The first-order valence-electron chi connectivity index (χ1n) is 12.4. The van der Waals surface area contributed by atoms with Gasteiger partial charge in [-0.2, -0.15) is 0 Å². The molecule has 2 fully saturated rings. The van der Waals surface area contributed by atoms with Gasteiger partial charge in [0.1, 0.15) is 5.60 Å². The highest BCUT2D eigenvalue weighted by molar-refractivity contribution is 5.92. The third-order valence-electron chi connectivity index (χ3n) is 7.69. The lowest BCUT2D eigenvalue weighted by molar-refractivity contribution is -0.150. The summed E-state index contributed by atoms with van der Waals surface area (Å²) in [6.07, 6.45) is 4.56. The Morgan fingerprint density at radius 1 is 0.971 bits per heavy atom. The van der Waals surface area contributed by atoms with Gasteiger partial charge in [0.2, 0.25) is 0 Å². The zero-order chi connectivity index (χ0) is 24.9. The van der Waals surface area contributed by atoms with E-state index >= 15 is 0 Å². The van der Waals surface area contributed by atoms with Crippen LogP contribution in [0.15, 0.2) is 54.7 Å². The second-order valence-electron chi connectivity index (χ2n) is 10.9. The van der Waals surface area contributed by atoms with E-state index in [0.29, 0.717) is 6.04 Å². The molecule has 6 nitrogen and oxygen atoms in total. The fourth-order valence-corrected chi connectivity index (χ4v) is 5.98. The Bertz CT molecular complexity index is 1250. The number of hydrogen-bond acceptors (Lipinski definition) is 5. The zero-order valence-corrected chi connectivity index (χ0v) is 21.2. The molecule has 2 aromatic carbocycles. The van der Waals surface area contributed by atoms with E-state index in [1.54, 1.807) is 10.8 Å². The van der Waals surface area contributed by atoms with E-state index in [0.717, 1.165) is 41.3 Å². The number of ether oxygens (including phenoxy) is 2. The number of methoxy groups -OCH3 is 1. The zero-order valence-electron chi connectivity index (χ0n) is 21.2. The molecule has 184 valence electrons. The molecule has 0 saturated carbocycles. The number of rotatable bonds is 3. The number of esters is 1. The average Bonchev–Trinajstić information content (AvgIpc) is 3.34. The third-order valence-corrected chi connectivity index (χ3v) is 7.69. The molecule has 6 heteroatoms. The summed E-state index contributed by atoms with van der Waals surface area (Å²) in [6, 6.07) is 17.4. The Labute approximate surface area is 206 Å². The van der Waals surface area contributed by atoms with E-state index in [2.05, 4.69) is 42.3 Å². The molecule has 2 aliphatic rings. The second kappa shape index (κ2) is 8.83. The van der Waals surface area contributed by atoms with Crippen molar-refractivity contribution < 1.29 is 19.1 Å². The summed E-state index contributed by atoms with van der Waals surface area (Å²) in [6.45, 7) is 5.59. The Balaban J connectivity index is 1.40. The fraction of sp³-hybridized carbons (Fsp3) is 0.448. The molecule has 0 aliphatic carbocycles. The predicted octanol–water partition coefficient (Wildman–Crippen LogP) is 5.83. The normalized spacial score (nSPS) is 24.5. The first-order valence-corrected chi connectivity index (χ1v) is 12.4. The Kier molecular flexibility index (Phi) is 5.96. The van der Waals surface area contributed by atoms with Gasteiger partial charge in [0, 0.05) is 29.6 Å². The number of fused-ring (bicyclic) bond motifs is 3. The van der Waals surface area contributed by atoms with Gasteiger partial charge in [0.05, 0.1) is 18.5 Å². The van der Waals surface area contributed by atoms with E-state index in [9.17, 15) is 9.59 Å². The molecular formula is C29H34N2O4. The molecule has 2 aliphatic heterocycles. The second-order valence-corrected chi connectivity index (χ2v) is 10.9. The van der Waals surface area contributed by atoms with Gasteiger partial charge in [-0.25, -0.2) is 4.79 Å². The van der Waals surface area contributed by atoms with E-state index in [4.69, 9.17) is 9.47 Å². The van der Waals surface area contributed by atoms with Gasteiger partial charge in [-0.3, -0.25) is 14.3 Å². The lowest BCUT2D eigenvalue weighted by Gasteiger charge is -2.41. The van der Waals surface area contributed by atoms with Crippen LogP contribution < -0.4 is 0 Å². The smallest absolute Gasteiger partial charge is 0.418 e. The number of hydrogen-bond donors (Lipinski definition) is 0. The topological polar surface area (TPSA) is 60.8 Å². The first-order chi connectivity index (χ1) is 16.7. The predicted molar refractivity (Wildman–Crippen MR) is 136 cm³/mol. The highest BCUT2D eigenvalue weighted by atomic mass is 16.6. The van der Waals surface area contributed by atoms with Crippen LogP contribution in [0.2, 0.25) is 0 Å². The minimum Gasteiger partial charge on any atom is -0.469 e. The van der Waals surface area contributed by atoms with Crippen LogP contribution in [0.3, 0.4) is 0 Å². The van der Waals surface area contributed by atoms with Crippen LogP contribution in [-0.2, 0) is 14.3 Å². The molecule has 0 spiro atoms. The van der Waals surface area contributed by atoms with Crippen molar-refractivity contribution in [2.45, 2.75) is 63.6 Å². The molecule has 2 saturated heterocycles. The van der Waals surface area contributed by atoms with E-state index in [1.165, 1.54) is 12.7 Å². The quantitative estimate of drug-likeness (QED) is 0.447. The summed E-state index contributed by atoms with van der Waals surface area (Å²) in [5.41, 5.74) is 3.66. The molecule has 0 amide bonds. The Morgan fingerprint density at radius 3 is 2.37 bits per heavy atom. The van der Waals surface area contributed by atoms with Crippen molar-refractivity contribution in [2.75, 3.05) is 14.2 Å². The van der Waals surface area contributed by atoms with Crippen molar-refractivity contribution in [1.82, 2.24) is 9.47 Å². The van der Waals surface area contributed by atoms with Gasteiger partial charge in [0.15, 0.2) is 0 Å². The molecule has 3 aromatic rings. The Morgan fingerprint density at radius 2 is 1.69 bits per heavy atom. The fourth-order valence-electron chi connectivity index (χ4n) is 5.98. The van der Waals surface area contributed by atoms with Crippen LogP contribution in [0.25, 0.3) is 22.0 Å². The first kappa shape index (κ1) is 23.6. The number of carbonyl (C=O) groups is 2. The lowest BCUT2D eigenvalue weighted by Crippen LogP contribution is -2.49. The van der Waals surface area contributed by atoms with Gasteiger partial charge < -0.3 is 9.47 Å². The molecule has 0 N–H and O–H groups in total. The van der Waals surface area contributed by atoms with Crippen molar-refractivity contribution in [3.8, 4) is 11.1 Å². The van der Waals surface area contributed by atoms with Crippen LogP contribution in [0.5, 0.6) is 0 Å². The van der Waals surface area contributed by atoms with Gasteiger partial charge in [0.25, 0.3) is 0 Å². The lowest BCUT2D eigenvalue weighted by atomic mass is 9.76. The summed E-state index contributed by atoms with van der Waals surface area (Å²) in [5, 5.41) is 0.982. The monoisotopic (exact) mass is 474 g/mol. The largest absolute Gasteiger partial charge is 0.469 e. The molecule has 4 atom stereocenters. The number of aromatic nitrogens is 1. The summed E-state index contributed by atoms with van der Waals surface area (Å²) < 4.78 is 12.3. The molecule has 35 heavy (non-hydrogen) atoms. The Hall–Kier alpha value is -3.12. The standard InChI is InChI=1S/C29H34N2O4/c1-29(2,3)35-28(33)31-15-14-21-16-20(10-12-24(21)31)18-6-8-19(9-7-18)23-17-22-11-13-25(30(22)4)26(23)27(32)34-5/h6-10,12,14-16,22-23,25-26H,11,13,17H2,1-5H3. The highest BCUT2D eigenvalue weighted by Crippen LogP contribution is 2.46. The summed E-state index contributed by atoms with van der Waals surface area (Å²) in [4.78, 5) is 27.7. The van der Waals surface area contributed by atoms with Gasteiger partial charge in [-0.1, -0.05) is 30.3 Å². The summed E-state index contributed by atoms with van der Waals surface area (Å²) in [7, 11) is 3.64. The minimum absolute atomic E-state index is 0.101. The SMILES string of the molecule is COC(=O)C1C(c2ccc(-c3ccc4c(ccn4C(=O)OC(C)(C)C)c3)cc2)CC2CCC1N2C. The van der Waals surface area contributed by atoms with Crippen LogP contribution >= 0.6 is 0 Å². The molecule has 0 radical (unpaired) electrons. The highest BCUT2D eigenvalue weighted by Gasteiger charge is 2.49. The van der Waals surface area contributed by atoms with Crippen LogP contribution in [0, 0.1) is 5.92 Å². The van der Waals surface area contributed by atoms with Crippen molar-refractivity contribution in [3.63, 3.8) is 0 Å². The van der Waals surface area contributed by atoms with Crippen LogP contribution in [0.4, 0.5) is 4.79 Å². The molecule has 2 bridgehead atoms. The molecule has 3 heterocycles. The minimum atomic E-state index is -0.546. The number of benzene rings is 2. The van der Waals surface area contributed by atoms with Gasteiger partial charge in [-0.05, 0) is 82.0 Å². The summed E-state index contributed by atoms with van der Waals surface area (Å²) in [5.74, 6) is -0.0506. The molecule has 5 rings (SSSR count). The van der Waals surface area contributed by atoms with Crippen LogP contribution in [-0.4, -0.2) is 53.4 Å². The molecule has 1 aromatic heterocycles. The molecule has 4 unspecified atom stereocenters. The van der Waals surface area contributed by atoms with Gasteiger partial charge >= 0.3 is 12.1 Å². The van der Waals surface area contributed by atoms with E-state index in [-0.39, 0.29) is 29.9 Å². The maximum Gasteiger partial charge on any atom is 0.418 e. The van der Waals surface area contributed by atoms with Crippen molar-refractivity contribution in [1.29, 1.82) is 0 Å². The number of nitrogens with zero attached hydrogens (tertiary/aromatic N) is 2. The number of carbonyl (C=O) groups excluding carboxylic acids is 2. The third kappa shape index (κ3) is 4.36. The van der Waals surface area contributed by atoms with Crippen molar-refractivity contribution in [3.05, 3.63) is 60.3 Å². The van der Waals surface area contributed by atoms with E-state index in [1.807, 2.05) is 39.0 Å². The van der Waals surface area contributed by atoms with Gasteiger partial charge in [-0.15, -0.1) is 0 Å². The van der Waals surface area contributed by atoms with Crippen LogP contribution in [0.1, 0.15) is 51.5 Å². The summed E-state index contributed by atoms with van der Waals surface area (Å²) >= 11 is 0. The molecular weight excluding hydrogens is 440 g/mol. The number of piperidine rings is 1. The maximum absolute atomic E-state index is 12.7. The maximum atomic E-state index is 12.7. The van der Waals surface area contributed by atoms with Crippen molar-refractivity contribution in [2.24, 2.45) is 5.92 Å². The average molecular weight is 475 g/mol. The van der Waals surface area contributed by atoms with Crippen molar-refractivity contribution >= 4 is 23.0 Å².